The maximum Gasteiger partial charge on any atom is 0.404 e. The van der Waals surface area contributed by atoms with Crippen LogP contribution in [0.4, 0.5) is 4.79 Å². The Balaban J connectivity index is 2.76. The summed E-state index contributed by atoms with van der Waals surface area (Å²) in [6.45, 7) is 21.0. The summed E-state index contributed by atoms with van der Waals surface area (Å²) in [6.07, 6.45) is 8.76. The molecule has 13 atom stereocenters. The Morgan fingerprint density at radius 3 is 2.21 bits per heavy atom. The second-order valence-electron chi connectivity index (χ2n) is 12.8. The van der Waals surface area contributed by atoms with Crippen LogP contribution in [0.15, 0.2) is 48.6 Å². The Hall–Kier alpha value is -2.42. The third-order valence-corrected chi connectivity index (χ3v) is 8.85. The van der Waals surface area contributed by atoms with Gasteiger partial charge in [-0.1, -0.05) is 97.1 Å². The molecule has 1 amide bonds. The lowest BCUT2D eigenvalue weighted by Crippen LogP contribution is -2.47. The van der Waals surface area contributed by atoms with Crippen molar-refractivity contribution >= 4 is 12.1 Å². The van der Waals surface area contributed by atoms with Crippen molar-refractivity contribution in [3.8, 4) is 0 Å². The molecule has 0 saturated carbocycles. The summed E-state index contributed by atoms with van der Waals surface area (Å²) in [5, 5.41) is 32.5. The van der Waals surface area contributed by atoms with Crippen LogP contribution in [0.1, 0.15) is 75.2 Å². The smallest absolute Gasteiger partial charge is 0.404 e. The molecule has 1 rings (SSSR count). The molecule has 8 nitrogen and oxygen atoms in total. The van der Waals surface area contributed by atoms with Crippen LogP contribution in [-0.2, 0) is 14.3 Å². The van der Waals surface area contributed by atoms with Crippen LogP contribution >= 0.6 is 0 Å². The summed E-state index contributed by atoms with van der Waals surface area (Å²) in [4.78, 5) is 23.6. The van der Waals surface area contributed by atoms with Gasteiger partial charge in [0.15, 0.2) is 0 Å². The first kappa shape index (κ1) is 37.6. The van der Waals surface area contributed by atoms with E-state index in [1.165, 1.54) is 0 Å². The van der Waals surface area contributed by atoms with Gasteiger partial charge in [-0.15, -0.1) is 0 Å². The van der Waals surface area contributed by atoms with E-state index < -0.39 is 36.4 Å². The molecule has 1 fully saturated rings. The molecule has 0 unspecified atom stereocenters. The fourth-order valence-corrected chi connectivity index (χ4v) is 5.99. The van der Waals surface area contributed by atoms with Crippen molar-refractivity contribution in [2.45, 2.75) is 106 Å². The van der Waals surface area contributed by atoms with Crippen molar-refractivity contribution in [1.82, 2.24) is 0 Å². The minimum Gasteiger partial charge on any atom is -0.462 e. The molecule has 8 heteroatoms. The molecule has 0 aromatic carbocycles. The van der Waals surface area contributed by atoms with E-state index in [0.717, 1.165) is 5.57 Å². The molecule has 1 heterocycles. The van der Waals surface area contributed by atoms with Gasteiger partial charge in [0, 0.05) is 29.6 Å². The maximum absolute atomic E-state index is 12.0. The molecular formula is C34H57NO7. The molecule has 5 N–H and O–H groups in total. The molecule has 240 valence electrons. The highest BCUT2D eigenvalue weighted by atomic mass is 16.6. The number of ether oxygens (including phenoxy) is 2. The zero-order valence-electron chi connectivity index (χ0n) is 27.1. The average molecular weight is 592 g/mol. The quantitative estimate of drug-likeness (QED) is 0.104. The summed E-state index contributed by atoms with van der Waals surface area (Å²) in [6, 6.07) is 0. The lowest BCUT2D eigenvalue weighted by atomic mass is 9.81. The molecular weight excluding hydrogens is 534 g/mol. The first-order valence-electron chi connectivity index (χ1n) is 15.4. The minimum atomic E-state index is -0.873. The fourth-order valence-electron chi connectivity index (χ4n) is 5.99. The second-order valence-corrected chi connectivity index (χ2v) is 12.8. The standard InChI is InChI=1S/C34H57NO7/c1-11-12-13-22(5)32(42-34(35)40)26(9)30(37)24(7)17-20(3)16-23(6)29(36)21(4)15-14-19(2)18-28-25(8)31(38)27(10)33(39)41-28/h11-16,19,21-32,36-38H,1,17-18H2,2-10H3,(H2,35,40)/b13-12-,15-14-,20-16-/t19-,21+,22+,23+,24+,25+,26+,27-,28+,29+,30-,31+,32+/m1/s1. The van der Waals surface area contributed by atoms with Crippen LogP contribution < -0.4 is 5.73 Å². The van der Waals surface area contributed by atoms with Crippen molar-refractivity contribution in [1.29, 1.82) is 0 Å². The number of nitrogens with two attached hydrogens (primary N) is 1. The van der Waals surface area contributed by atoms with Gasteiger partial charge >= 0.3 is 12.1 Å². The van der Waals surface area contributed by atoms with Gasteiger partial charge in [-0.3, -0.25) is 4.79 Å². The molecule has 1 aliphatic heterocycles. The Bertz CT molecular complexity index is 960. The summed E-state index contributed by atoms with van der Waals surface area (Å²) < 4.78 is 10.9. The fraction of sp³-hybridized carbons (Fsp3) is 0.706. The minimum absolute atomic E-state index is 0.106. The van der Waals surface area contributed by atoms with E-state index >= 15 is 0 Å². The number of hydrogen-bond acceptors (Lipinski definition) is 7. The van der Waals surface area contributed by atoms with Crippen LogP contribution in [0, 0.1) is 47.3 Å². The van der Waals surface area contributed by atoms with Crippen molar-refractivity contribution in [3.05, 3.63) is 48.6 Å². The van der Waals surface area contributed by atoms with Gasteiger partial charge in [-0.2, -0.15) is 0 Å². The number of allylic oxidation sites excluding steroid dienone is 4. The summed E-state index contributed by atoms with van der Waals surface area (Å²) in [7, 11) is 0. The van der Waals surface area contributed by atoms with E-state index in [9.17, 15) is 24.9 Å². The van der Waals surface area contributed by atoms with Gasteiger partial charge in [0.2, 0.25) is 0 Å². The number of amides is 1. The van der Waals surface area contributed by atoms with Crippen molar-refractivity contribution < 1.29 is 34.4 Å². The molecule has 0 aliphatic carbocycles. The Morgan fingerprint density at radius 2 is 1.64 bits per heavy atom. The largest absolute Gasteiger partial charge is 0.462 e. The molecule has 1 aliphatic rings. The molecule has 0 aromatic heterocycles. The van der Waals surface area contributed by atoms with Gasteiger partial charge < -0.3 is 30.5 Å². The van der Waals surface area contributed by atoms with E-state index in [1.54, 1.807) is 19.1 Å². The first-order chi connectivity index (χ1) is 19.5. The van der Waals surface area contributed by atoms with Crippen LogP contribution in [0.25, 0.3) is 0 Å². The molecule has 42 heavy (non-hydrogen) atoms. The SMILES string of the molecule is C=C/C=C\[C@H](C)[C@H](OC(N)=O)[C@@H](C)[C@H](O)[C@@H](C)C/C(C)=C\[C@H](C)[C@@H](O)[C@@H](C)/C=C\[C@@H](C)C[C@@H]1OC(=O)[C@H](C)[C@@H](O)[C@H]1C. The summed E-state index contributed by atoms with van der Waals surface area (Å²) in [5.41, 5.74) is 6.36. The molecule has 0 aromatic rings. The number of aliphatic hydroxyl groups is 3. The average Bonchev–Trinajstić information content (AvgIpc) is 2.93. The van der Waals surface area contributed by atoms with Gasteiger partial charge in [0.25, 0.3) is 0 Å². The normalized spacial score (nSPS) is 28.3. The van der Waals surface area contributed by atoms with Crippen molar-refractivity contribution in [2.24, 2.45) is 53.1 Å². The number of rotatable bonds is 16. The Kier molecular flexibility index (Phi) is 15.8. The number of primary amides is 1. The van der Waals surface area contributed by atoms with E-state index in [4.69, 9.17) is 15.2 Å². The number of esters is 1. The second kappa shape index (κ2) is 17.6. The van der Waals surface area contributed by atoms with Crippen LogP contribution in [0.3, 0.4) is 0 Å². The zero-order valence-corrected chi connectivity index (χ0v) is 27.1. The number of cyclic esters (lactones) is 1. The van der Waals surface area contributed by atoms with Gasteiger partial charge in [-0.25, -0.2) is 4.79 Å². The van der Waals surface area contributed by atoms with Crippen molar-refractivity contribution in [2.75, 3.05) is 0 Å². The molecule has 1 saturated heterocycles. The highest BCUT2D eigenvalue weighted by molar-refractivity contribution is 5.73. The maximum atomic E-state index is 12.0. The van der Waals surface area contributed by atoms with E-state index in [2.05, 4.69) is 6.58 Å². The predicted molar refractivity (Wildman–Crippen MR) is 167 cm³/mol. The van der Waals surface area contributed by atoms with E-state index in [1.807, 2.05) is 79.7 Å². The highest BCUT2D eigenvalue weighted by Crippen LogP contribution is 2.31. The highest BCUT2D eigenvalue weighted by Gasteiger charge is 2.40. The molecule has 0 bridgehead atoms. The lowest BCUT2D eigenvalue weighted by Gasteiger charge is -2.37. The van der Waals surface area contributed by atoms with Crippen molar-refractivity contribution in [3.63, 3.8) is 0 Å². The molecule has 0 spiro atoms. The predicted octanol–water partition coefficient (Wildman–Crippen LogP) is 5.57. The number of aliphatic hydroxyl groups excluding tert-OH is 3. The van der Waals surface area contributed by atoms with Crippen LogP contribution in [-0.4, -0.2) is 57.9 Å². The third kappa shape index (κ3) is 11.3. The lowest BCUT2D eigenvalue weighted by molar-refractivity contribution is -0.178. The Labute approximate surface area is 253 Å². The number of carbonyl (C=O) groups is 2. The molecule has 0 radical (unpaired) electrons. The Morgan fingerprint density at radius 1 is 1.02 bits per heavy atom. The van der Waals surface area contributed by atoms with Crippen LogP contribution in [0.2, 0.25) is 0 Å². The summed E-state index contributed by atoms with van der Waals surface area (Å²) in [5.74, 6) is -1.75. The van der Waals surface area contributed by atoms with Crippen LogP contribution in [0.5, 0.6) is 0 Å². The zero-order chi connectivity index (χ0) is 32.3. The van der Waals surface area contributed by atoms with Gasteiger partial charge in [0.1, 0.15) is 12.2 Å². The van der Waals surface area contributed by atoms with Gasteiger partial charge in [0.05, 0.1) is 24.2 Å². The number of hydrogen-bond donors (Lipinski definition) is 4. The van der Waals surface area contributed by atoms with E-state index in [0.29, 0.717) is 12.8 Å². The topological polar surface area (TPSA) is 139 Å². The summed E-state index contributed by atoms with van der Waals surface area (Å²) >= 11 is 0. The number of carbonyl (C=O) groups excluding carboxylic acids is 2. The monoisotopic (exact) mass is 591 g/mol. The third-order valence-electron chi connectivity index (χ3n) is 8.85. The van der Waals surface area contributed by atoms with E-state index in [-0.39, 0.29) is 53.5 Å². The van der Waals surface area contributed by atoms with Gasteiger partial charge in [-0.05, 0) is 38.5 Å². The first-order valence-corrected chi connectivity index (χ1v) is 15.4.